The Bertz CT molecular complexity index is 420. The Hall–Kier alpha value is -1.89. The summed E-state index contributed by atoms with van der Waals surface area (Å²) in [5.74, 6) is 0.513. The van der Waals surface area contributed by atoms with E-state index in [1.165, 1.54) is 6.20 Å². The minimum atomic E-state index is -0.0150. The average molecular weight is 267 g/mol. The summed E-state index contributed by atoms with van der Waals surface area (Å²) in [6.07, 6.45) is 3.30. The maximum absolute atomic E-state index is 9.22. The van der Waals surface area contributed by atoms with Gasteiger partial charge in [0.2, 0.25) is 0 Å². The molecule has 0 fully saturated rings. The van der Waals surface area contributed by atoms with Gasteiger partial charge in [0.25, 0.3) is 0 Å². The maximum Gasteiger partial charge on any atom is 0.173 e. The van der Waals surface area contributed by atoms with Crippen LogP contribution in [0.15, 0.2) is 17.4 Å². The maximum atomic E-state index is 9.22. The third kappa shape index (κ3) is 3.54. The van der Waals surface area contributed by atoms with Gasteiger partial charge in [0.15, 0.2) is 11.7 Å². The number of hydrogen-bond acceptors (Lipinski definition) is 6. The van der Waals surface area contributed by atoms with Crippen LogP contribution in [0.5, 0.6) is 0 Å². The highest BCUT2D eigenvalue weighted by Gasteiger charge is 2.21. The van der Waals surface area contributed by atoms with Crippen LogP contribution in [-0.4, -0.2) is 45.5 Å². The minimum Gasteiger partial charge on any atom is -0.409 e. The topological polar surface area (TPSA) is 108 Å². The molecular formula is C12H21N5O2. The van der Waals surface area contributed by atoms with E-state index in [1.54, 1.807) is 6.07 Å². The predicted molar refractivity (Wildman–Crippen MR) is 73.3 cm³/mol. The van der Waals surface area contributed by atoms with Gasteiger partial charge in [-0.3, -0.25) is 0 Å². The molecule has 0 aromatic carbocycles. The lowest BCUT2D eigenvalue weighted by molar-refractivity contribution is 0.295. The Kier molecular flexibility index (Phi) is 6.01. The Labute approximate surface area is 112 Å². The molecule has 0 aliphatic heterocycles. The van der Waals surface area contributed by atoms with E-state index < -0.39 is 0 Å². The molecule has 1 heterocycles. The lowest BCUT2D eigenvalue weighted by Gasteiger charge is -2.31. The van der Waals surface area contributed by atoms with E-state index >= 15 is 0 Å². The summed E-state index contributed by atoms with van der Waals surface area (Å²) in [7, 11) is 0. The zero-order valence-corrected chi connectivity index (χ0v) is 11.3. The minimum absolute atomic E-state index is 0.00267. The molecule has 0 atom stereocenters. The van der Waals surface area contributed by atoms with Crippen molar-refractivity contribution < 1.29 is 10.3 Å². The molecule has 0 bridgehead atoms. The number of nitrogens with two attached hydrogens (primary N) is 1. The average Bonchev–Trinajstić information content (AvgIpc) is 2.46. The van der Waals surface area contributed by atoms with Crippen LogP contribution in [0.1, 0.15) is 32.3 Å². The molecule has 0 amide bonds. The fourth-order valence-corrected chi connectivity index (χ4v) is 2.09. The number of aromatic nitrogens is 2. The summed E-state index contributed by atoms with van der Waals surface area (Å²) in [6.45, 7) is 4.57. The molecule has 0 spiro atoms. The molecule has 1 rings (SSSR count). The van der Waals surface area contributed by atoms with Gasteiger partial charge < -0.3 is 20.9 Å². The first kappa shape index (κ1) is 15.2. The smallest absolute Gasteiger partial charge is 0.173 e. The van der Waals surface area contributed by atoms with Crippen molar-refractivity contribution in [2.24, 2.45) is 10.9 Å². The van der Waals surface area contributed by atoms with Crippen LogP contribution in [-0.2, 0) is 0 Å². The van der Waals surface area contributed by atoms with Crippen molar-refractivity contribution in [2.45, 2.75) is 32.7 Å². The van der Waals surface area contributed by atoms with Crippen molar-refractivity contribution in [1.29, 1.82) is 0 Å². The molecule has 7 heteroatoms. The van der Waals surface area contributed by atoms with E-state index in [2.05, 4.69) is 29.2 Å². The van der Waals surface area contributed by atoms with Gasteiger partial charge in [0, 0.05) is 12.6 Å². The van der Waals surface area contributed by atoms with Crippen LogP contribution in [0.4, 0.5) is 5.82 Å². The number of hydrogen-bond donors (Lipinski definition) is 3. The van der Waals surface area contributed by atoms with Crippen molar-refractivity contribution >= 4 is 11.7 Å². The van der Waals surface area contributed by atoms with Gasteiger partial charge in [0.05, 0.1) is 18.4 Å². The fourth-order valence-electron chi connectivity index (χ4n) is 2.09. The van der Waals surface area contributed by atoms with Gasteiger partial charge in [0.1, 0.15) is 0 Å². The zero-order valence-electron chi connectivity index (χ0n) is 11.3. The molecule has 106 valence electrons. The zero-order chi connectivity index (χ0) is 14.3. The number of amidine groups is 1. The normalized spacial score (nSPS) is 11.9. The second kappa shape index (κ2) is 7.52. The van der Waals surface area contributed by atoms with Gasteiger partial charge in [-0.15, -0.1) is 5.10 Å². The Balaban J connectivity index is 3.22. The molecule has 0 saturated carbocycles. The van der Waals surface area contributed by atoms with Crippen LogP contribution >= 0.6 is 0 Å². The highest BCUT2D eigenvalue weighted by molar-refractivity contribution is 6.01. The van der Waals surface area contributed by atoms with Gasteiger partial charge in [-0.05, 0) is 18.9 Å². The first-order chi connectivity index (χ1) is 9.19. The van der Waals surface area contributed by atoms with Crippen LogP contribution < -0.4 is 10.6 Å². The number of oxime groups is 1. The lowest BCUT2D eigenvalue weighted by Crippen LogP contribution is -2.39. The van der Waals surface area contributed by atoms with E-state index in [9.17, 15) is 5.11 Å². The first-order valence-electron chi connectivity index (χ1n) is 6.36. The summed E-state index contributed by atoms with van der Waals surface area (Å²) in [5, 5.41) is 29.0. The first-order valence-corrected chi connectivity index (χ1v) is 6.36. The standard InChI is InChI=1S/C12H21N5O2/c1-3-9(4-2)17(7-8-18)12-10(11(13)16-19)5-6-14-15-12/h5-6,9,18-19H,3-4,7-8H2,1-2H3,(H2,13,16). The van der Waals surface area contributed by atoms with Crippen LogP contribution in [0.25, 0.3) is 0 Å². The monoisotopic (exact) mass is 267 g/mol. The Morgan fingerprint density at radius 1 is 1.47 bits per heavy atom. The van der Waals surface area contributed by atoms with E-state index in [0.29, 0.717) is 17.9 Å². The molecule has 0 aliphatic carbocycles. The van der Waals surface area contributed by atoms with Gasteiger partial charge in [-0.2, -0.15) is 5.10 Å². The van der Waals surface area contributed by atoms with E-state index in [4.69, 9.17) is 10.9 Å². The molecule has 19 heavy (non-hydrogen) atoms. The third-order valence-electron chi connectivity index (χ3n) is 3.08. The molecule has 1 aromatic heterocycles. The molecule has 1 aromatic rings. The summed E-state index contributed by atoms with van der Waals surface area (Å²) in [5.41, 5.74) is 6.17. The van der Waals surface area contributed by atoms with E-state index in [-0.39, 0.29) is 18.5 Å². The summed E-state index contributed by atoms with van der Waals surface area (Å²) >= 11 is 0. The van der Waals surface area contributed by atoms with Gasteiger partial charge in [-0.25, -0.2) is 0 Å². The lowest BCUT2D eigenvalue weighted by atomic mass is 10.1. The number of rotatable bonds is 7. The van der Waals surface area contributed by atoms with Crippen molar-refractivity contribution in [2.75, 3.05) is 18.1 Å². The number of aliphatic hydroxyl groups is 1. The predicted octanol–water partition coefficient (Wildman–Crippen LogP) is 0.558. The number of aliphatic hydroxyl groups excluding tert-OH is 1. The second-order valence-electron chi connectivity index (χ2n) is 4.14. The van der Waals surface area contributed by atoms with Crippen molar-refractivity contribution in [1.82, 2.24) is 10.2 Å². The largest absolute Gasteiger partial charge is 0.409 e. The Morgan fingerprint density at radius 3 is 2.68 bits per heavy atom. The van der Waals surface area contributed by atoms with Crippen LogP contribution in [0, 0.1) is 0 Å². The SMILES string of the molecule is CCC(CC)N(CCO)c1nnccc1/C(N)=N/O. The highest BCUT2D eigenvalue weighted by Crippen LogP contribution is 2.21. The highest BCUT2D eigenvalue weighted by atomic mass is 16.4. The fraction of sp³-hybridized carbons (Fsp3) is 0.583. The van der Waals surface area contributed by atoms with Crippen molar-refractivity contribution in [3.63, 3.8) is 0 Å². The molecule has 0 aliphatic rings. The molecule has 7 nitrogen and oxygen atoms in total. The molecular weight excluding hydrogens is 246 g/mol. The van der Waals surface area contributed by atoms with Crippen molar-refractivity contribution in [3.05, 3.63) is 17.8 Å². The molecule has 4 N–H and O–H groups in total. The van der Waals surface area contributed by atoms with E-state index in [1.807, 2.05) is 4.90 Å². The molecule has 0 saturated heterocycles. The summed E-state index contributed by atoms with van der Waals surface area (Å²) in [4.78, 5) is 1.94. The van der Waals surface area contributed by atoms with Crippen molar-refractivity contribution in [3.8, 4) is 0 Å². The summed E-state index contributed by atoms with van der Waals surface area (Å²) in [6, 6.07) is 1.86. The second-order valence-corrected chi connectivity index (χ2v) is 4.14. The van der Waals surface area contributed by atoms with E-state index in [0.717, 1.165) is 12.8 Å². The number of nitrogens with zero attached hydrogens (tertiary/aromatic N) is 4. The molecule has 0 unspecified atom stereocenters. The third-order valence-corrected chi connectivity index (χ3v) is 3.08. The van der Waals surface area contributed by atoms with Gasteiger partial charge in [-0.1, -0.05) is 19.0 Å². The Morgan fingerprint density at radius 2 is 2.16 bits per heavy atom. The van der Waals surface area contributed by atoms with Crippen LogP contribution in [0.2, 0.25) is 0 Å². The number of anilines is 1. The van der Waals surface area contributed by atoms with Gasteiger partial charge >= 0.3 is 0 Å². The van der Waals surface area contributed by atoms with Crippen LogP contribution in [0.3, 0.4) is 0 Å². The molecule has 0 radical (unpaired) electrons. The summed E-state index contributed by atoms with van der Waals surface area (Å²) < 4.78 is 0. The quantitative estimate of drug-likeness (QED) is 0.288.